The van der Waals surface area contributed by atoms with Gasteiger partial charge in [-0.15, -0.1) is 0 Å². The second-order valence-corrected chi connectivity index (χ2v) is 6.12. The van der Waals surface area contributed by atoms with Crippen LogP contribution in [0.15, 0.2) is 0 Å². The fraction of sp³-hybridized carbons (Fsp3) is 0.857. The molecule has 0 saturated carbocycles. The van der Waals surface area contributed by atoms with Crippen LogP contribution in [0.5, 0.6) is 0 Å². The Morgan fingerprint density at radius 3 is 2.58 bits per heavy atom. The topological polar surface area (TPSA) is 58.6 Å². The smallest absolute Gasteiger partial charge is 0.331 e. The van der Waals surface area contributed by atoms with Gasteiger partial charge >= 0.3 is 5.97 Å². The zero-order valence-corrected chi connectivity index (χ0v) is 12.7. The quantitative estimate of drug-likeness (QED) is 0.795. The molecule has 2 atom stereocenters. The molecule has 0 aromatic heterocycles. The van der Waals surface area contributed by atoms with Crippen LogP contribution in [-0.4, -0.2) is 35.1 Å². The standard InChI is InChI=1S/C14H26N2O3/c1-6-10(2)12(17)16-11(8-7-9-15-16)13(18)19-14(3,4)5/h10-11,15H,6-9H2,1-5H3/t10-,11-/m0/s1. The average molecular weight is 270 g/mol. The summed E-state index contributed by atoms with van der Waals surface area (Å²) in [6.45, 7) is 10.1. The van der Waals surface area contributed by atoms with E-state index in [2.05, 4.69) is 5.43 Å². The molecule has 0 aliphatic carbocycles. The zero-order chi connectivity index (χ0) is 14.6. The first-order valence-corrected chi connectivity index (χ1v) is 7.05. The minimum Gasteiger partial charge on any atom is -0.458 e. The largest absolute Gasteiger partial charge is 0.458 e. The summed E-state index contributed by atoms with van der Waals surface area (Å²) in [7, 11) is 0. The first kappa shape index (κ1) is 16.0. The molecule has 1 amide bonds. The van der Waals surface area contributed by atoms with Crippen molar-refractivity contribution in [3.05, 3.63) is 0 Å². The summed E-state index contributed by atoms with van der Waals surface area (Å²) in [5.74, 6) is -0.440. The first-order chi connectivity index (χ1) is 8.76. The fourth-order valence-electron chi connectivity index (χ4n) is 1.97. The molecule has 0 bridgehead atoms. The van der Waals surface area contributed by atoms with Crippen LogP contribution < -0.4 is 5.43 Å². The predicted octanol–water partition coefficient (Wildman–Crippen LogP) is 1.87. The number of hydrogen-bond donors (Lipinski definition) is 1. The highest BCUT2D eigenvalue weighted by Crippen LogP contribution is 2.19. The third-order valence-corrected chi connectivity index (χ3v) is 3.20. The number of esters is 1. The van der Waals surface area contributed by atoms with Crippen LogP contribution in [0.3, 0.4) is 0 Å². The lowest BCUT2D eigenvalue weighted by molar-refractivity contribution is -0.170. The Hall–Kier alpha value is -1.10. The van der Waals surface area contributed by atoms with Crippen molar-refractivity contribution in [1.29, 1.82) is 0 Å². The zero-order valence-electron chi connectivity index (χ0n) is 12.7. The Morgan fingerprint density at radius 1 is 1.42 bits per heavy atom. The maximum atomic E-state index is 12.3. The van der Waals surface area contributed by atoms with Gasteiger partial charge in [0, 0.05) is 12.5 Å². The molecule has 5 nitrogen and oxygen atoms in total. The number of hydrogen-bond acceptors (Lipinski definition) is 4. The highest BCUT2D eigenvalue weighted by atomic mass is 16.6. The van der Waals surface area contributed by atoms with Crippen molar-refractivity contribution in [2.45, 2.75) is 65.5 Å². The Labute approximate surface area is 115 Å². The molecule has 110 valence electrons. The van der Waals surface area contributed by atoms with E-state index < -0.39 is 11.6 Å². The second kappa shape index (κ2) is 6.37. The number of ether oxygens (including phenoxy) is 1. The molecule has 1 fully saturated rings. The number of carbonyl (C=O) groups excluding carboxylic acids is 2. The van der Waals surface area contributed by atoms with E-state index in [1.165, 1.54) is 5.01 Å². The van der Waals surface area contributed by atoms with Crippen LogP contribution in [-0.2, 0) is 14.3 Å². The highest BCUT2D eigenvalue weighted by molar-refractivity contribution is 5.85. The summed E-state index contributed by atoms with van der Waals surface area (Å²) >= 11 is 0. The monoisotopic (exact) mass is 270 g/mol. The molecule has 1 aliphatic rings. The number of amides is 1. The lowest BCUT2D eigenvalue weighted by atomic mass is 10.0. The molecule has 0 spiro atoms. The number of rotatable bonds is 3. The molecule has 19 heavy (non-hydrogen) atoms. The number of nitrogens with zero attached hydrogens (tertiary/aromatic N) is 1. The van der Waals surface area contributed by atoms with Gasteiger partial charge in [-0.2, -0.15) is 0 Å². The number of hydrazine groups is 1. The Bertz CT molecular complexity index is 336. The van der Waals surface area contributed by atoms with E-state index in [9.17, 15) is 9.59 Å². The van der Waals surface area contributed by atoms with Crippen molar-refractivity contribution >= 4 is 11.9 Å². The van der Waals surface area contributed by atoms with Gasteiger partial charge in [-0.3, -0.25) is 9.80 Å². The van der Waals surface area contributed by atoms with Crippen LogP contribution in [0.1, 0.15) is 53.9 Å². The van der Waals surface area contributed by atoms with Crippen molar-refractivity contribution < 1.29 is 14.3 Å². The van der Waals surface area contributed by atoms with E-state index in [0.717, 1.165) is 19.4 Å². The van der Waals surface area contributed by atoms with Crippen LogP contribution >= 0.6 is 0 Å². The molecule has 1 rings (SSSR count). The number of nitrogens with one attached hydrogen (secondary N) is 1. The summed E-state index contributed by atoms with van der Waals surface area (Å²) in [6.07, 6.45) is 2.29. The normalized spacial score (nSPS) is 21.9. The summed E-state index contributed by atoms with van der Waals surface area (Å²) in [5, 5.41) is 1.48. The summed E-state index contributed by atoms with van der Waals surface area (Å²) < 4.78 is 5.40. The molecular weight excluding hydrogens is 244 g/mol. The first-order valence-electron chi connectivity index (χ1n) is 7.05. The van der Waals surface area contributed by atoms with Gasteiger partial charge in [0.2, 0.25) is 5.91 Å². The predicted molar refractivity (Wildman–Crippen MR) is 73.2 cm³/mol. The average Bonchev–Trinajstić information content (AvgIpc) is 2.35. The van der Waals surface area contributed by atoms with Crippen molar-refractivity contribution in [2.75, 3.05) is 6.54 Å². The van der Waals surface area contributed by atoms with Crippen molar-refractivity contribution in [1.82, 2.24) is 10.4 Å². The SMILES string of the molecule is CC[C@H](C)C(=O)N1NCCC[C@H]1C(=O)OC(C)(C)C. The number of carbonyl (C=O) groups is 2. The van der Waals surface area contributed by atoms with Gasteiger partial charge in [0.05, 0.1) is 0 Å². The fourth-order valence-corrected chi connectivity index (χ4v) is 1.97. The summed E-state index contributed by atoms with van der Waals surface area (Å²) in [5.41, 5.74) is 2.51. The van der Waals surface area contributed by atoms with Crippen LogP contribution in [0.2, 0.25) is 0 Å². The molecule has 1 N–H and O–H groups in total. The van der Waals surface area contributed by atoms with E-state index in [4.69, 9.17) is 4.74 Å². The van der Waals surface area contributed by atoms with Gasteiger partial charge in [0.25, 0.3) is 0 Å². The van der Waals surface area contributed by atoms with Crippen LogP contribution in [0, 0.1) is 5.92 Å². The summed E-state index contributed by atoms with van der Waals surface area (Å²) in [6, 6.07) is -0.505. The van der Waals surface area contributed by atoms with Gasteiger partial charge in [-0.25, -0.2) is 10.2 Å². The highest BCUT2D eigenvalue weighted by Gasteiger charge is 2.36. The van der Waals surface area contributed by atoms with E-state index in [-0.39, 0.29) is 17.8 Å². The molecule has 1 saturated heterocycles. The lowest BCUT2D eigenvalue weighted by Gasteiger charge is -2.37. The third kappa shape index (κ3) is 4.49. The lowest BCUT2D eigenvalue weighted by Crippen LogP contribution is -2.58. The van der Waals surface area contributed by atoms with Crippen molar-refractivity contribution in [2.24, 2.45) is 5.92 Å². The van der Waals surface area contributed by atoms with E-state index >= 15 is 0 Å². The maximum absolute atomic E-state index is 12.3. The van der Waals surface area contributed by atoms with Gasteiger partial charge in [-0.1, -0.05) is 13.8 Å². The molecular formula is C14H26N2O3. The van der Waals surface area contributed by atoms with Crippen molar-refractivity contribution in [3.8, 4) is 0 Å². The third-order valence-electron chi connectivity index (χ3n) is 3.20. The van der Waals surface area contributed by atoms with Gasteiger partial charge in [0.1, 0.15) is 11.6 Å². The van der Waals surface area contributed by atoms with Crippen LogP contribution in [0.25, 0.3) is 0 Å². The van der Waals surface area contributed by atoms with E-state index in [0.29, 0.717) is 6.42 Å². The van der Waals surface area contributed by atoms with Gasteiger partial charge in [0.15, 0.2) is 0 Å². The van der Waals surface area contributed by atoms with Crippen molar-refractivity contribution in [3.63, 3.8) is 0 Å². The van der Waals surface area contributed by atoms with E-state index in [1.807, 2.05) is 34.6 Å². The minimum atomic E-state index is -0.528. The molecule has 1 aliphatic heterocycles. The molecule has 0 aromatic carbocycles. The minimum absolute atomic E-state index is 0.0296. The summed E-state index contributed by atoms with van der Waals surface area (Å²) in [4.78, 5) is 24.4. The molecule has 0 aromatic rings. The second-order valence-electron chi connectivity index (χ2n) is 6.12. The molecule has 5 heteroatoms. The maximum Gasteiger partial charge on any atom is 0.331 e. The van der Waals surface area contributed by atoms with Gasteiger partial charge in [-0.05, 0) is 40.0 Å². The van der Waals surface area contributed by atoms with E-state index in [1.54, 1.807) is 0 Å². The Balaban J connectivity index is 2.78. The van der Waals surface area contributed by atoms with Gasteiger partial charge < -0.3 is 4.74 Å². The van der Waals surface area contributed by atoms with Crippen LogP contribution in [0.4, 0.5) is 0 Å². The molecule has 1 heterocycles. The Kier molecular flexibility index (Phi) is 5.35. The molecule has 0 unspecified atom stereocenters. The Morgan fingerprint density at radius 2 is 2.05 bits per heavy atom. The molecule has 0 radical (unpaired) electrons.